The van der Waals surface area contributed by atoms with E-state index in [0.717, 1.165) is 5.75 Å². The van der Waals surface area contributed by atoms with Gasteiger partial charge in [0.05, 0.1) is 12.2 Å². The molecule has 0 aromatic heterocycles. The highest BCUT2D eigenvalue weighted by molar-refractivity contribution is 7.99. The number of hydrogen-bond acceptors (Lipinski definition) is 3. The lowest BCUT2D eigenvalue weighted by molar-refractivity contribution is 0.101. The highest BCUT2D eigenvalue weighted by atomic mass is 32.2. The molecule has 0 saturated heterocycles. The molecule has 2 rings (SSSR count). The molecule has 0 aliphatic rings. The van der Waals surface area contributed by atoms with E-state index in [4.69, 9.17) is 4.74 Å². The van der Waals surface area contributed by atoms with Crippen LogP contribution in [0.1, 0.15) is 17.3 Å². The highest BCUT2D eigenvalue weighted by Crippen LogP contribution is 2.20. The zero-order valence-corrected chi connectivity index (χ0v) is 11.7. The minimum Gasteiger partial charge on any atom is -0.492 e. The van der Waals surface area contributed by atoms with Crippen LogP contribution in [-0.4, -0.2) is 18.1 Å². The first-order valence-electron chi connectivity index (χ1n) is 6.18. The minimum absolute atomic E-state index is 0.0336. The topological polar surface area (TPSA) is 26.3 Å². The van der Waals surface area contributed by atoms with Crippen LogP contribution in [0.5, 0.6) is 5.75 Å². The van der Waals surface area contributed by atoms with E-state index in [0.29, 0.717) is 17.9 Å². The Hall–Kier alpha value is -1.74. The summed E-state index contributed by atoms with van der Waals surface area (Å²) in [6.07, 6.45) is 0. The summed E-state index contributed by atoms with van der Waals surface area (Å²) in [4.78, 5) is 12.7. The van der Waals surface area contributed by atoms with Crippen LogP contribution in [0.15, 0.2) is 59.5 Å². The molecule has 0 aliphatic heterocycles. The minimum atomic E-state index is 0.0336. The number of ether oxygens (including phenoxy) is 1. The van der Waals surface area contributed by atoms with Crippen LogP contribution in [0.4, 0.5) is 0 Å². The summed E-state index contributed by atoms with van der Waals surface area (Å²) in [5.74, 6) is 1.56. The van der Waals surface area contributed by atoms with Gasteiger partial charge in [-0.15, -0.1) is 11.8 Å². The molecule has 19 heavy (non-hydrogen) atoms. The van der Waals surface area contributed by atoms with Crippen LogP contribution in [0.2, 0.25) is 0 Å². The molecular formula is C16H16O2S. The van der Waals surface area contributed by atoms with Crippen molar-refractivity contribution in [1.82, 2.24) is 0 Å². The van der Waals surface area contributed by atoms with E-state index < -0.39 is 0 Å². The number of carbonyl (C=O) groups excluding carboxylic acids is 1. The van der Waals surface area contributed by atoms with Gasteiger partial charge < -0.3 is 4.74 Å². The van der Waals surface area contributed by atoms with Crippen LogP contribution in [0.3, 0.4) is 0 Å². The Morgan fingerprint density at radius 2 is 1.74 bits per heavy atom. The molecule has 0 fully saturated rings. The molecule has 0 saturated carbocycles. The first-order valence-corrected chi connectivity index (χ1v) is 7.16. The van der Waals surface area contributed by atoms with Crippen LogP contribution >= 0.6 is 11.8 Å². The summed E-state index contributed by atoms with van der Waals surface area (Å²) in [7, 11) is 0. The maximum atomic E-state index is 11.4. The number of rotatable bonds is 6. The van der Waals surface area contributed by atoms with Crippen molar-refractivity contribution in [2.75, 3.05) is 12.4 Å². The Bertz CT molecular complexity index is 537. The Balaban J connectivity index is 1.85. The van der Waals surface area contributed by atoms with Crippen molar-refractivity contribution in [2.24, 2.45) is 0 Å². The number of hydrogen-bond donors (Lipinski definition) is 0. The maximum absolute atomic E-state index is 11.4. The molecule has 0 heterocycles. The molecule has 0 unspecified atom stereocenters. The van der Waals surface area contributed by atoms with Gasteiger partial charge in [-0.1, -0.05) is 30.3 Å². The third-order valence-corrected chi connectivity index (χ3v) is 3.60. The molecule has 0 N–H and O–H groups in total. The van der Waals surface area contributed by atoms with E-state index in [-0.39, 0.29) is 5.78 Å². The van der Waals surface area contributed by atoms with Crippen molar-refractivity contribution in [1.29, 1.82) is 0 Å². The van der Waals surface area contributed by atoms with Gasteiger partial charge in [-0.05, 0) is 31.2 Å². The average Bonchev–Trinajstić information content (AvgIpc) is 2.45. The maximum Gasteiger partial charge on any atom is 0.163 e. The van der Waals surface area contributed by atoms with Crippen molar-refractivity contribution in [2.45, 2.75) is 11.8 Å². The smallest absolute Gasteiger partial charge is 0.163 e. The lowest BCUT2D eigenvalue weighted by Gasteiger charge is -2.09. The first-order chi connectivity index (χ1) is 9.27. The lowest BCUT2D eigenvalue weighted by Crippen LogP contribution is -2.04. The molecule has 0 aliphatic carbocycles. The van der Waals surface area contributed by atoms with Gasteiger partial charge in [0.25, 0.3) is 0 Å². The van der Waals surface area contributed by atoms with E-state index in [1.54, 1.807) is 24.8 Å². The largest absolute Gasteiger partial charge is 0.492 e. The summed E-state index contributed by atoms with van der Waals surface area (Å²) < 4.78 is 5.68. The lowest BCUT2D eigenvalue weighted by atomic mass is 10.1. The van der Waals surface area contributed by atoms with Gasteiger partial charge in [-0.3, -0.25) is 4.79 Å². The molecule has 0 radical (unpaired) electrons. The fourth-order valence-corrected chi connectivity index (χ4v) is 2.46. The van der Waals surface area contributed by atoms with Gasteiger partial charge in [-0.25, -0.2) is 0 Å². The second-order valence-corrected chi connectivity index (χ2v) is 5.23. The van der Waals surface area contributed by atoms with Crippen molar-refractivity contribution < 1.29 is 9.53 Å². The second-order valence-electron chi connectivity index (χ2n) is 4.06. The predicted molar refractivity (Wildman–Crippen MR) is 79.1 cm³/mol. The van der Waals surface area contributed by atoms with Crippen LogP contribution in [0, 0.1) is 0 Å². The fraction of sp³-hybridized carbons (Fsp3) is 0.188. The molecule has 3 heteroatoms. The Morgan fingerprint density at radius 1 is 1.05 bits per heavy atom. The van der Waals surface area contributed by atoms with Crippen molar-refractivity contribution in [3.63, 3.8) is 0 Å². The number of para-hydroxylation sites is 1. The zero-order chi connectivity index (χ0) is 13.5. The van der Waals surface area contributed by atoms with Gasteiger partial charge in [0.2, 0.25) is 0 Å². The second kappa shape index (κ2) is 7.00. The van der Waals surface area contributed by atoms with Gasteiger partial charge in [0.15, 0.2) is 5.78 Å². The van der Waals surface area contributed by atoms with Crippen molar-refractivity contribution >= 4 is 17.5 Å². The monoisotopic (exact) mass is 272 g/mol. The van der Waals surface area contributed by atoms with Crippen LogP contribution < -0.4 is 4.74 Å². The Morgan fingerprint density at radius 3 is 2.47 bits per heavy atom. The van der Waals surface area contributed by atoms with Crippen molar-refractivity contribution in [3.05, 3.63) is 60.2 Å². The highest BCUT2D eigenvalue weighted by Gasteiger charge is 2.06. The standard InChI is InChI=1S/C16H16O2S/c1-13(17)15-9-5-6-10-16(15)18-11-12-19-14-7-3-2-4-8-14/h2-10H,11-12H2,1H3. The Kier molecular flexibility index (Phi) is 5.04. The third kappa shape index (κ3) is 4.14. The number of ketones is 1. The fourth-order valence-electron chi connectivity index (χ4n) is 1.71. The summed E-state index contributed by atoms with van der Waals surface area (Å²) >= 11 is 1.74. The van der Waals surface area contributed by atoms with Crippen LogP contribution in [-0.2, 0) is 0 Å². The number of carbonyl (C=O) groups is 1. The number of thioether (sulfide) groups is 1. The number of Topliss-reactive ketones (excluding diaryl/α,β-unsaturated/α-hetero) is 1. The Labute approximate surface area is 117 Å². The quantitative estimate of drug-likeness (QED) is 0.450. The molecule has 0 bridgehead atoms. The van der Waals surface area contributed by atoms with E-state index in [1.807, 2.05) is 36.4 Å². The molecule has 2 nitrogen and oxygen atoms in total. The zero-order valence-electron chi connectivity index (χ0n) is 10.8. The molecule has 2 aromatic carbocycles. The third-order valence-electron chi connectivity index (χ3n) is 2.62. The van der Waals surface area contributed by atoms with E-state index in [2.05, 4.69) is 12.1 Å². The summed E-state index contributed by atoms with van der Waals surface area (Å²) in [5.41, 5.74) is 0.646. The average molecular weight is 272 g/mol. The number of benzene rings is 2. The molecular weight excluding hydrogens is 256 g/mol. The summed E-state index contributed by atoms with van der Waals surface area (Å²) in [6.45, 7) is 2.14. The van der Waals surface area contributed by atoms with Gasteiger partial charge in [0.1, 0.15) is 5.75 Å². The van der Waals surface area contributed by atoms with Gasteiger partial charge in [0, 0.05) is 10.6 Å². The van der Waals surface area contributed by atoms with Gasteiger partial charge in [-0.2, -0.15) is 0 Å². The summed E-state index contributed by atoms with van der Waals surface area (Å²) in [6, 6.07) is 17.6. The molecule has 0 amide bonds. The van der Waals surface area contributed by atoms with Crippen molar-refractivity contribution in [3.8, 4) is 5.75 Å². The molecule has 0 atom stereocenters. The summed E-state index contributed by atoms with van der Waals surface area (Å²) in [5, 5.41) is 0. The molecule has 2 aromatic rings. The SMILES string of the molecule is CC(=O)c1ccccc1OCCSc1ccccc1. The van der Waals surface area contributed by atoms with Crippen LogP contribution in [0.25, 0.3) is 0 Å². The molecule has 98 valence electrons. The van der Waals surface area contributed by atoms with Gasteiger partial charge >= 0.3 is 0 Å². The molecule has 0 spiro atoms. The van der Waals surface area contributed by atoms with E-state index >= 15 is 0 Å². The first kappa shape index (κ1) is 13.7. The van der Waals surface area contributed by atoms with E-state index in [9.17, 15) is 4.79 Å². The predicted octanol–water partition coefficient (Wildman–Crippen LogP) is 4.06. The normalized spacial score (nSPS) is 10.2. The van der Waals surface area contributed by atoms with E-state index in [1.165, 1.54) is 4.90 Å².